The van der Waals surface area contributed by atoms with Crippen LogP contribution in [0.5, 0.6) is 0 Å². The van der Waals surface area contributed by atoms with E-state index in [-0.39, 0.29) is 10.7 Å². The molecule has 0 bridgehead atoms. The first-order chi connectivity index (χ1) is 10.0. The van der Waals surface area contributed by atoms with E-state index in [1.807, 2.05) is 0 Å². The van der Waals surface area contributed by atoms with E-state index >= 15 is 0 Å². The van der Waals surface area contributed by atoms with Crippen molar-refractivity contribution in [2.45, 2.75) is 9.79 Å². The van der Waals surface area contributed by atoms with E-state index in [1.165, 1.54) is 31.0 Å². The van der Waals surface area contributed by atoms with E-state index in [0.29, 0.717) is 15.4 Å². The average Bonchev–Trinajstić information content (AvgIpc) is 2.48. The third kappa shape index (κ3) is 3.53. The van der Waals surface area contributed by atoms with E-state index < -0.39 is 10.9 Å². The average molecular weight is 324 g/mol. The minimum atomic E-state index is -0.543. The Hall–Kier alpha value is -2.05. The molecule has 0 saturated carbocycles. The summed E-state index contributed by atoms with van der Waals surface area (Å²) in [5, 5.41) is 11.0. The highest BCUT2D eigenvalue weighted by Crippen LogP contribution is 2.35. The van der Waals surface area contributed by atoms with Gasteiger partial charge < -0.3 is 4.74 Å². The van der Waals surface area contributed by atoms with Crippen molar-refractivity contribution in [3.8, 4) is 0 Å². The van der Waals surface area contributed by atoms with E-state index in [4.69, 9.17) is 16.3 Å². The Labute approximate surface area is 130 Å². The van der Waals surface area contributed by atoms with E-state index in [0.717, 1.165) is 0 Å². The van der Waals surface area contributed by atoms with Gasteiger partial charge in [-0.2, -0.15) is 0 Å². The Bertz CT molecular complexity index is 705. The molecule has 0 unspecified atom stereocenters. The van der Waals surface area contributed by atoms with Crippen LogP contribution in [0, 0.1) is 10.1 Å². The van der Waals surface area contributed by atoms with Gasteiger partial charge in [0.15, 0.2) is 0 Å². The minimum Gasteiger partial charge on any atom is -0.465 e. The van der Waals surface area contributed by atoms with Gasteiger partial charge in [-0.25, -0.2) is 4.79 Å². The molecule has 0 N–H and O–H groups in total. The molecule has 0 saturated heterocycles. The zero-order chi connectivity index (χ0) is 15.4. The van der Waals surface area contributed by atoms with Crippen LogP contribution < -0.4 is 0 Å². The third-order valence-electron chi connectivity index (χ3n) is 2.63. The summed E-state index contributed by atoms with van der Waals surface area (Å²) in [5.41, 5.74) is 0.236. The van der Waals surface area contributed by atoms with Crippen LogP contribution in [0.1, 0.15) is 10.4 Å². The van der Waals surface area contributed by atoms with Crippen molar-refractivity contribution >= 4 is 35.0 Å². The number of esters is 1. The van der Waals surface area contributed by atoms with Crippen LogP contribution in [-0.2, 0) is 4.74 Å². The molecule has 108 valence electrons. The smallest absolute Gasteiger partial charge is 0.339 e. The van der Waals surface area contributed by atoms with E-state index in [9.17, 15) is 14.9 Å². The number of carbonyl (C=O) groups excluding carboxylic acids is 1. The third-order valence-corrected chi connectivity index (χ3v) is 4.02. The summed E-state index contributed by atoms with van der Waals surface area (Å²) in [7, 11) is 1.30. The fourth-order valence-corrected chi connectivity index (χ4v) is 2.81. The number of nitro benzene ring substituents is 1. The van der Waals surface area contributed by atoms with Crippen LogP contribution in [0.4, 0.5) is 5.69 Å². The van der Waals surface area contributed by atoms with Gasteiger partial charge in [0.1, 0.15) is 5.02 Å². The van der Waals surface area contributed by atoms with Gasteiger partial charge in [0.25, 0.3) is 5.69 Å². The number of hydrogen-bond donors (Lipinski definition) is 0. The number of nitro groups is 1. The molecule has 21 heavy (non-hydrogen) atoms. The summed E-state index contributed by atoms with van der Waals surface area (Å²) in [6.45, 7) is 0. The number of halogens is 1. The quantitative estimate of drug-likeness (QED) is 0.479. The van der Waals surface area contributed by atoms with Gasteiger partial charge >= 0.3 is 5.97 Å². The Morgan fingerprint density at radius 1 is 1.29 bits per heavy atom. The van der Waals surface area contributed by atoms with Crippen molar-refractivity contribution in [2.24, 2.45) is 0 Å². The molecule has 2 aromatic rings. The first-order valence-corrected chi connectivity index (χ1v) is 7.01. The molecule has 5 nitrogen and oxygen atoms in total. The van der Waals surface area contributed by atoms with Gasteiger partial charge in [-0.15, -0.1) is 0 Å². The summed E-state index contributed by atoms with van der Waals surface area (Å²) >= 11 is 7.01. The topological polar surface area (TPSA) is 69.4 Å². The molecule has 2 aromatic carbocycles. The fourth-order valence-electron chi connectivity index (χ4n) is 1.66. The zero-order valence-corrected chi connectivity index (χ0v) is 12.5. The number of hydrogen-bond acceptors (Lipinski definition) is 5. The molecule has 2 rings (SSSR count). The molecule has 0 aliphatic carbocycles. The SMILES string of the molecule is COC(=O)c1ccccc1Sc1ccc(Cl)c([N+](=O)[O-])c1. The predicted octanol–water partition coefficient (Wildman–Crippen LogP) is 4.19. The maximum absolute atomic E-state index is 11.7. The summed E-state index contributed by atoms with van der Waals surface area (Å²) in [6, 6.07) is 11.4. The molecule has 0 aliphatic heterocycles. The molecule has 0 aliphatic rings. The molecular formula is C14H10ClNO4S. The lowest BCUT2D eigenvalue weighted by Crippen LogP contribution is -2.02. The van der Waals surface area contributed by atoms with Crippen molar-refractivity contribution in [2.75, 3.05) is 7.11 Å². The number of ether oxygens (including phenoxy) is 1. The highest BCUT2D eigenvalue weighted by Gasteiger charge is 2.16. The van der Waals surface area contributed by atoms with Crippen molar-refractivity contribution in [3.63, 3.8) is 0 Å². The number of benzene rings is 2. The lowest BCUT2D eigenvalue weighted by molar-refractivity contribution is -0.384. The van der Waals surface area contributed by atoms with E-state index in [1.54, 1.807) is 30.3 Å². The van der Waals surface area contributed by atoms with Gasteiger partial charge in [-0.05, 0) is 24.3 Å². The molecule has 0 spiro atoms. The van der Waals surface area contributed by atoms with Gasteiger partial charge in [0.2, 0.25) is 0 Å². The fraction of sp³-hybridized carbons (Fsp3) is 0.0714. The Kier molecular flexibility index (Phi) is 4.82. The van der Waals surface area contributed by atoms with Crippen LogP contribution in [0.2, 0.25) is 5.02 Å². The van der Waals surface area contributed by atoms with Gasteiger partial charge in [0.05, 0.1) is 17.6 Å². The van der Waals surface area contributed by atoms with Crippen LogP contribution >= 0.6 is 23.4 Å². The van der Waals surface area contributed by atoms with Crippen molar-refractivity contribution in [1.29, 1.82) is 0 Å². The van der Waals surface area contributed by atoms with Gasteiger partial charge in [0, 0.05) is 15.9 Å². The molecule has 0 amide bonds. The van der Waals surface area contributed by atoms with Crippen LogP contribution in [0.15, 0.2) is 52.3 Å². The molecule has 0 atom stereocenters. The molecular weight excluding hydrogens is 314 g/mol. The largest absolute Gasteiger partial charge is 0.465 e. The van der Waals surface area contributed by atoms with Gasteiger partial charge in [-0.3, -0.25) is 10.1 Å². The lowest BCUT2D eigenvalue weighted by Gasteiger charge is -2.07. The van der Waals surface area contributed by atoms with Crippen molar-refractivity contribution in [3.05, 3.63) is 63.2 Å². The second-order valence-corrected chi connectivity index (χ2v) is 5.48. The minimum absolute atomic E-state index is 0.0746. The lowest BCUT2D eigenvalue weighted by atomic mass is 10.2. The highest BCUT2D eigenvalue weighted by atomic mass is 35.5. The second-order valence-electron chi connectivity index (χ2n) is 3.96. The Morgan fingerprint density at radius 3 is 2.67 bits per heavy atom. The highest BCUT2D eigenvalue weighted by molar-refractivity contribution is 7.99. The van der Waals surface area contributed by atoms with Crippen molar-refractivity contribution < 1.29 is 14.5 Å². The monoisotopic (exact) mass is 323 g/mol. The van der Waals surface area contributed by atoms with Crippen molar-refractivity contribution in [1.82, 2.24) is 0 Å². The second kappa shape index (κ2) is 6.60. The molecule has 0 heterocycles. The number of rotatable bonds is 4. The number of methoxy groups -OCH3 is 1. The van der Waals surface area contributed by atoms with E-state index in [2.05, 4.69) is 0 Å². The summed E-state index contributed by atoms with van der Waals surface area (Å²) in [5.74, 6) is -0.457. The zero-order valence-electron chi connectivity index (χ0n) is 10.9. The molecule has 7 heteroatoms. The van der Waals surface area contributed by atoms with Gasteiger partial charge in [-0.1, -0.05) is 35.5 Å². The first-order valence-electron chi connectivity index (χ1n) is 5.82. The molecule has 0 radical (unpaired) electrons. The maximum atomic E-state index is 11.7. The predicted molar refractivity (Wildman–Crippen MR) is 80.0 cm³/mol. The standard InChI is InChI=1S/C14H10ClNO4S/c1-20-14(17)10-4-2-3-5-13(10)21-9-6-7-11(15)12(8-9)16(18)19/h2-8H,1H3. The molecule has 0 aromatic heterocycles. The maximum Gasteiger partial charge on any atom is 0.339 e. The first kappa shape index (κ1) is 15.3. The summed E-state index contributed by atoms with van der Waals surface area (Å²) < 4.78 is 4.71. The van der Waals surface area contributed by atoms with Crippen LogP contribution in [0.3, 0.4) is 0 Å². The van der Waals surface area contributed by atoms with Crippen LogP contribution in [-0.4, -0.2) is 18.0 Å². The Balaban J connectivity index is 2.37. The Morgan fingerprint density at radius 2 is 2.00 bits per heavy atom. The molecule has 0 fully saturated rings. The van der Waals surface area contributed by atoms with Crippen LogP contribution in [0.25, 0.3) is 0 Å². The number of nitrogens with zero attached hydrogens (tertiary/aromatic N) is 1. The normalized spacial score (nSPS) is 10.2. The summed E-state index contributed by atoms with van der Waals surface area (Å²) in [6.07, 6.45) is 0. The number of carbonyl (C=O) groups is 1. The summed E-state index contributed by atoms with van der Waals surface area (Å²) in [4.78, 5) is 23.3.